The van der Waals surface area contributed by atoms with E-state index in [9.17, 15) is 0 Å². The van der Waals surface area contributed by atoms with Crippen LogP contribution in [0.25, 0.3) is 0 Å². The molecule has 0 amide bonds. The van der Waals surface area contributed by atoms with Crippen molar-refractivity contribution in [2.24, 2.45) is 0 Å². The van der Waals surface area contributed by atoms with Gasteiger partial charge in [-0.15, -0.1) is 0 Å². The molecule has 0 radical (unpaired) electrons. The number of anilines is 1. The molecule has 2 unspecified atom stereocenters. The SMILES string of the molecule is CC1CC(Nc2ccc(C#N)nc2)CCN1. The second-order valence-corrected chi connectivity index (χ2v) is 4.26. The van der Waals surface area contributed by atoms with Gasteiger partial charge in [-0.2, -0.15) is 5.26 Å². The van der Waals surface area contributed by atoms with Gasteiger partial charge < -0.3 is 10.6 Å². The maximum Gasteiger partial charge on any atom is 0.140 e. The largest absolute Gasteiger partial charge is 0.381 e. The Hall–Kier alpha value is -1.60. The van der Waals surface area contributed by atoms with Crippen LogP contribution in [0, 0.1) is 11.3 Å². The van der Waals surface area contributed by atoms with Gasteiger partial charge in [-0.3, -0.25) is 0 Å². The first-order valence-corrected chi connectivity index (χ1v) is 5.64. The van der Waals surface area contributed by atoms with Gasteiger partial charge in [-0.05, 0) is 38.4 Å². The molecule has 84 valence electrons. The molecule has 0 saturated carbocycles. The van der Waals surface area contributed by atoms with Crippen molar-refractivity contribution in [1.29, 1.82) is 5.26 Å². The second-order valence-electron chi connectivity index (χ2n) is 4.26. The average Bonchev–Trinajstić information content (AvgIpc) is 2.30. The lowest BCUT2D eigenvalue weighted by Gasteiger charge is -2.29. The maximum absolute atomic E-state index is 8.64. The number of hydrogen-bond donors (Lipinski definition) is 2. The highest BCUT2D eigenvalue weighted by atomic mass is 15.0. The number of nitrogens with one attached hydrogen (secondary N) is 2. The van der Waals surface area contributed by atoms with Crippen LogP contribution in [0.15, 0.2) is 18.3 Å². The minimum Gasteiger partial charge on any atom is -0.381 e. The molecule has 0 aromatic carbocycles. The van der Waals surface area contributed by atoms with Gasteiger partial charge in [0.15, 0.2) is 0 Å². The average molecular weight is 216 g/mol. The third-order valence-electron chi connectivity index (χ3n) is 2.87. The highest BCUT2D eigenvalue weighted by Crippen LogP contribution is 2.15. The summed E-state index contributed by atoms with van der Waals surface area (Å²) in [6, 6.07) is 6.75. The first kappa shape index (κ1) is 10.9. The van der Waals surface area contributed by atoms with Gasteiger partial charge in [0, 0.05) is 12.1 Å². The smallest absolute Gasteiger partial charge is 0.140 e. The van der Waals surface area contributed by atoms with E-state index in [-0.39, 0.29) is 0 Å². The number of piperidine rings is 1. The second kappa shape index (κ2) is 4.95. The molecule has 2 rings (SSSR count). The van der Waals surface area contributed by atoms with Crippen molar-refractivity contribution in [3.05, 3.63) is 24.0 Å². The van der Waals surface area contributed by atoms with Crippen molar-refractivity contribution >= 4 is 5.69 Å². The molecule has 0 spiro atoms. The van der Waals surface area contributed by atoms with E-state index >= 15 is 0 Å². The van der Waals surface area contributed by atoms with E-state index in [1.54, 1.807) is 12.3 Å². The van der Waals surface area contributed by atoms with Crippen LogP contribution in [-0.2, 0) is 0 Å². The molecular formula is C12H16N4. The van der Waals surface area contributed by atoms with E-state index in [2.05, 4.69) is 22.5 Å². The van der Waals surface area contributed by atoms with Crippen LogP contribution < -0.4 is 10.6 Å². The fourth-order valence-electron chi connectivity index (χ4n) is 2.04. The molecule has 0 aliphatic carbocycles. The fraction of sp³-hybridized carbons (Fsp3) is 0.500. The quantitative estimate of drug-likeness (QED) is 0.786. The summed E-state index contributed by atoms with van der Waals surface area (Å²) < 4.78 is 0. The summed E-state index contributed by atoms with van der Waals surface area (Å²) in [6.45, 7) is 3.26. The standard InChI is InChI=1S/C12H16N4/c1-9-6-10(4-5-14-9)16-12-3-2-11(7-13)15-8-12/h2-3,8-10,14,16H,4-6H2,1H3. The normalized spacial score (nSPS) is 24.8. The number of pyridine rings is 1. The topological polar surface area (TPSA) is 60.7 Å². The van der Waals surface area contributed by atoms with Crippen LogP contribution in [-0.4, -0.2) is 23.6 Å². The Morgan fingerprint density at radius 1 is 1.56 bits per heavy atom. The summed E-state index contributed by atoms with van der Waals surface area (Å²) >= 11 is 0. The maximum atomic E-state index is 8.64. The molecule has 4 heteroatoms. The Bertz CT molecular complexity index is 379. The molecular weight excluding hydrogens is 200 g/mol. The summed E-state index contributed by atoms with van der Waals surface area (Å²) in [6.07, 6.45) is 3.98. The van der Waals surface area contributed by atoms with Gasteiger partial charge in [-0.25, -0.2) is 4.98 Å². The Morgan fingerprint density at radius 3 is 3.06 bits per heavy atom. The van der Waals surface area contributed by atoms with Gasteiger partial charge in [0.2, 0.25) is 0 Å². The van der Waals surface area contributed by atoms with Crippen LogP contribution in [0.3, 0.4) is 0 Å². The first-order chi connectivity index (χ1) is 7.78. The molecule has 4 nitrogen and oxygen atoms in total. The monoisotopic (exact) mass is 216 g/mol. The molecule has 1 aromatic heterocycles. The number of rotatable bonds is 2. The van der Waals surface area contributed by atoms with Crippen molar-refractivity contribution in [3.63, 3.8) is 0 Å². The lowest BCUT2D eigenvalue weighted by molar-refractivity contribution is 0.396. The van der Waals surface area contributed by atoms with E-state index in [1.165, 1.54) is 0 Å². The molecule has 2 heterocycles. The number of nitrogens with zero attached hydrogens (tertiary/aromatic N) is 2. The molecule has 2 N–H and O–H groups in total. The highest BCUT2D eigenvalue weighted by molar-refractivity contribution is 5.43. The van der Waals surface area contributed by atoms with Crippen molar-refractivity contribution in [2.75, 3.05) is 11.9 Å². The predicted molar refractivity (Wildman–Crippen MR) is 63.1 cm³/mol. The van der Waals surface area contributed by atoms with E-state index in [1.807, 2.05) is 12.1 Å². The zero-order valence-corrected chi connectivity index (χ0v) is 9.40. The molecule has 1 aliphatic rings. The summed E-state index contributed by atoms with van der Waals surface area (Å²) in [5, 5.41) is 15.5. The van der Waals surface area contributed by atoms with E-state index < -0.39 is 0 Å². The van der Waals surface area contributed by atoms with Crippen LogP contribution in [0.4, 0.5) is 5.69 Å². The van der Waals surface area contributed by atoms with E-state index in [4.69, 9.17) is 5.26 Å². The summed E-state index contributed by atoms with van der Waals surface area (Å²) in [5.41, 5.74) is 1.46. The highest BCUT2D eigenvalue weighted by Gasteiger charge is 2.17. The van der Waals surface area contributed by atoms with Crippen LogP contribution in [0.1, 0.15) is 25.5 Å². The Balaban J connectivity index is 1.95. The van der Waals surface area contributed by atoms with Crippen LogP contribution in [0.2, 0.25) is 0 Å². The zero-order chi connectivity index (χ0) is 11.4. The zero-order valence-electron chi connectivity index (χ0n) is 9.40. The first-order valence-electron chi connectivity index (χ1n) is 5.64. The van der Waals surface area contributed by atoms with Gasteiger partial charge >= 0.3 is 0 Å². The Labute approximate surface area is 95.7 Å². The van der Waals surface area contributed by atoms with Gasteiger partial charge in [-0.1, -0.05) is 0 Å². The number of hydrogen-bond acceptors (Lipinski definition) is 4. The molecule has 1 fully saturated rings. The van der Waals surface area contributed by atoms with Crippen LogP contribution in [0.5, 0.6) is 0 Å². The predicted octanol–water partition coefficient (Wildman–Crippen LogP) is 1.51. The van der Waals surface area contributed by atoms with Crippen LogP contribution >= 0.6 is 0 Å². The van der Waals surface area contributed by atoms with Crippen molar-refractivity contribution in [2.45, 2.75) is 31.8 Å². The van der Waals surface area contributed by atoms with Crippen molar-refractivity contribution in [3.8, 4) is 6.07 Å². The number of nitriles is 1. The number of aromatic nitrogens is 1. The molecule has 0 bridgehead atoms. The third-order valence-corrected chi connectivity index (χ3v) is 2.87. The molecule has 1 saturated heterocycles. The van der Waals surface area contributed by atoms with Gasteiger partial charge in [0.25, 0.3) is 0 Å². The lowest BCUT2D eigenvalue weighted by atomic mass is 10.0. The third kappa shape index (κ3) is 2.71. The van der Waals surface area contributed by atoms with E-state index in [0.29, 0.717) is 17.8 Å². The summed E-state index contributed by atoms with van der Waals surface area (Å²) in [4.78, 5) is 4.04. The summed E-state index contributed by atoms with van der Waals surface area (Å²) in [7, 11) is 0. The Morgan fingerprint density at radius 2 is 2.44 bits per heavy atom. The molecule has 16 heavy (non-hydrogen) atoms. The Kier molecular flexibility index (Phi) is 3.37. The van der Waals surface area contributed by atoms with Gasteiger partial charge in [0.1, 0.15) is 11.8 Å². The molecule has 1 aromatic rings. The minimum atomic E-state index is 0.462. The summed E-state index contributed by atoms with van der Waals surface area (Å²) in [5.74, 6) is 0. The lowest BCUT2D eigenvalue weighted by Crippen LogP contribution is -2.41. The van der Waals surface area contributed by atoms with Crippen molar-refractivity contribution in [1.82, 2.24) is 10.3 Å². The molecule has 2 atom stereocenters. The van der Waals surface area contributed by atoms with E-state index in [0.717, 1.165) is 25.1 Å². The van der Waals surface area contributed by atoms with Crippen molar-refractivity contribution < 1.29 is 0 Å². The van der Waals surface area contributed by atoms with Gasteiger partial charge in [0.05, 0.1) is 11.9 Å². The fourth-order valence-corrected chi connectivity index (χ4v) is 2.04. The minimum absolute atomic E-state index is 0.462. The molecule has 1 aliphatic heterocycles.